The van der Waals surface area contributed by atoms with Crippen molar-refractivity contribution in [1.82, 2.24) is 20.1 Å². The van der Waals surface area contributed by atoms with E-state index in [9.17, 15) is 13.2 Å². The van der Waals surface area contributed by atoms with E-state index in [1.165, 1.54) is 11.8 Å². The van der Waals surface area contributed by atoms with Gasteiger partial charge in [0.25, 0.3) is 0 Å². The lowest BCUT2D eigenvalue weighted by Crippen LogP contribution is -2.47. The molecule has 2 aromatic heterocycles. The summed E-state index contributed by atoms with van der Waals surface area (Å²) in [5.74, 6) is 1.22. The summed E-state index contributed by atoms with van der Waals surface area (Å²) >= 11 is 2.88. The average molecular weight is 427 g/mol. The first-order valence-electron chi connectivity index (χ1n) is 9.12. The van der Waals surface area contributed by atoms with E-state index in [0.29, 0.717) is 17.4 Å². The first-order valence-corrected chi connectivity index (χ1v) is 12.8. The van der Waals surface area contributed by atoms with E-state index in [1.807, 2.05) is 22.4 Å². The number of nitrogens with one attached hydrogen (secondary N) is 1. The van der Waals surface area contributed by atoms with Crippen LogP contribution < -0.4 is 0 Å². The van der Waals surface area contributed by atoms with Crippen molar-refractivity contribution in [3.8, 4) is 10.7 Å². The van der Waals surface area contributed by atoms with Gasteiger partial charge in [0.2, 0.25) is 11.1 Å². The third kappa shape index (κ3) is 4.38. The molecule has 1 aliphatic carbocycles. The number of nitrogens with zero attached hydrogens (tertiary/aromatic N) is 3. The third-order valence-corrected chi connectivity index (χ3v) is 8.61. The molecule has 1 N–H and O–H groups in total. The number of aromatic amines is 1. The van der Waals surface area contributed by atoms with Gasteiger partial charge >= 0.3 is 0 Å². The third-order valence-electron chi connectivity index (χ3n) is 5.15. The highest BCUT2D eigenvalue weighted by Crippen LogP contribution is 2.30. The van der Waals surface area contributed by atoms with Crippen LogP contribution in [0, 0.1) is 0 Å². The predicted molar refractivity (Wildman–Crippen MR) is 107 cm³/mol. The molecule has 3 heterocycles. The second kappa shape index (κ2) is 7.92. The monoisotopic (exact) mass is 426 g/mol. The zero-order chi connectivity index (χ0) is 18.9. The molecule has 2 aromatic rings. The lowest BCUT2D eigenvalue weighted by molar-refractivity contribution is -0.132. The van der Waals surface area contributed by atoms with E-state index >= 15 is 0 Å². The summed E-state index contributed by atoms with van der Waals surface area (Å²) < 4.78 is 23.8. The number of aromatic nitrogens is 3. The molecule has 0 unspecified atom stereocenters. The molecular formula is C17H22N4O3S3. The molecule has 1 aliphatic heterocycles. The summed E-state index contributed by atoms with van der Waals surface area (Å²) in [6.07, 6.45) is 4.70. The second-order valence-corrected chi connectivity index (χ2v) is 11.1. The molecule has 0 radical (unpaired) electrons. The molecule has 7 nitrogen and oxygen atoms in total. The summed E-state index contributed by atoms with van der Waals surface area (Å²) in [6.45, 7) is 0. The van der Waals surface area contributed by atoms with Gasteiger partial charge in [0.1, 0.15) is 0 Å². The van der Waals surface area contributed by atoms with Gasteiger partial charge in [-0.15, -0.1) is 16.4 Å². The van der Waals surface area contributed by atoms with E-state index in [4.69, 9.17) is 0 Å². The fourth-order valence-corrected chi connectivity index (χ4v) is 6.96. The van der Waals surface area contributed by atoms with E-state index in [0.717, 1.165) is 30.6 Å². The number of sulfone groups is 1. The summed E-state index contributed by atoms with van der Waals surface area (Å²) in [5, 5.41) is 9.61. The van der Waals surface area contributed by atoms with Gasteiger partial charge in [0.15, 0.2) is 15.7 Å². The lowest BCUT2D eigenvalue weighted by Gasteiger charge is -2.34. The van der Waals surface area contributed by atoms with Gasteiger partial charge in [-0.3, -0.25) is 9.89 Å². The molecule has 0 aromatic carbocycles. The summed E-state index contributed by atoms with van der Waals surface area (Å²) in [7, 11) is -3.02. The van der Waals surface area contributed by atoms with Gasteiger partial charge in [0, 0.05) is 12.1 Å². The molecule has 10 heteroatoms. The Kier molecular flexibility index (Phi) is 5.56. The summed E-state index contributed by atoms with van der Waals surface area (Å²) in [6, 6.07) is 3.91. The Balaban J connectivity index is 1.42. The second-order valence-electron chi connectivity index (χ2n) is 7.03. The van der Waals surface area contributed by atoms with Crippen LogP contribution >= 0.6 is 23.1 Å². The van der Waals surface area contributed by atoms with Crippen molar-refractivity contribution in [2.45, 2.75) is 49.3 Å². The van der Waals surface area contributed by atoms with E-state index in [-0.39, 0.29) is 35.2 Å². The molecule has 1 saturated carbocycles. The summed E-state index contributed by atoms with van der Waals surface area (Å²) in [4.78, 5) is 20.3. The number of carbonyl (C=O) groups is 1. The molecule has 2 fully saturated rings. The molecule has 0 spiro atoms. The normalized spacial score (nSPS) is 22.3. The number of thiophene rings is 1. The van der Waals surface area contributed by atoms with E-state index < -0.39 is 9.84 Å². The smallest absolute Gasteiger partial charge is 0.233 e. The highest BCUT2D eigenvalue weighted by atomic mass is 32.2. The summed E-state index contributed by atoms with van der Waals surface area (Å²) in [5.41, 5.74) is 0. The van der Waals surface area contributed by atoms with Crippen molar-refractivity contribution in [2.24, 2.45) is 0 Å². The quantitative estimate of drug-likeness (QED) is 0.713. The largest absolute Gasteiger partial charge is 0.335 e. The average Bonchev–Trinajstić information content (AvgIpc) is 3.41. The topological polar surface area (TPSA) is 96.0 Å². The first-order chi connectivity index (χ1) is 13.0. The van der Waals surface area contributed by atoms with E-state index in [1.54, 1.807) is 11.3 Å². The maximum Gasteiger partial charge on any atom is 0.233 e. The zero-order valence-electron chi connectivity index (χ0n) is 14.8. The van der Waals surface area contributed by atoms with Gasteiger partial charge in [-0.2, -0.15) is 0 Å². The minimum Gasteiger partial charge on any atom is -0.335 e. The fraction of sp³-hybridized carbons (Fsp3) is 0.588. The molecule has 1 amide bonds. The van der Waals surface area contributed by atoms with Crippen molar-refractivity contribution in [1.29, 1.82) is 0 Å². The number of H-pyrrole nitrogens is 1. The standard InChI is InChI=1S/C17H22N4O3S3/c22-15(10-26-17-18-16(19-20-17)14-6-3-8-25-14)21(12-4-1-2-5-12)13-7-9-27(23,24)11-13/h3,6,8,12-13H,1-2,4-5,7,9-11H2,(H,18,19,20)/t13-/m0/s1. The Morgan fingerprint density at radius 1 is 1.30 bits per heavy atom. The lowest BCUT2D eigenvalue weighted by atomic mass is 10.1. The van der Waals surface area contributed by atoms with Gasteiger partial charge in [-0.1, -0.05) is 30.7 Å². The van der Waals surface area contributed by atoms with Crippen LogP contribution in [0.5, 0.6) is 0 Å². The van der Waals surface area contributed by atoms with Crippen LogP contribution in [-0.4, -0.2) is 63.7 Å². The molecule has 1 atom stereocenters. The number of thioether (sulfide) groups is 1. The van der Waals surface area contributed by atoms with Crippen LogP contribution in [0.2, 0.25) is 0 Å². The molecular weight excluding hydrogens is 404 g/mol. The Morgan fingerprint density at radius 3 is 2.78 bits per heavy atom. The Bertz CT molecular complexity index is 888. The van der Waals surface area contributed by atoms with Gasteiger partial charge in [-0.25, -0.2) is 13.4 Å². The van der Waals surface area contributed by atoms with Crippen LogP contribution in [0.4, 0.5) is 0 Å². The molecule has 0 bridgehead atoms. The molecule has 2 aliphatic rings. The van der Waals surface area contributed by atoms with Crippen LogP contribution in [0.3, 0.4) is 0 Å². The van der Waals surface area contributed by atoms with Gasteiger partial charge in [0.05, 0.1) is 22.1 Å². The van der Waals surface area contributed by atoms with E-state index in [2.05, 4.69) is 15.2 Å². The number of rotatable bonds is 6. The minimum atomic E-state index is -3.02. The van der Waals surface area contributed by atoms with Crippen LogP contribution in [0.25, 0.3) is 10.7 Å². The van der Waals surface area contributed by atoms with Crippen molar-refractivity contribution in [2.75, 3.05) is 17.3 Å². The van der Waals surface area contributed by atoms with Crippen molar-refractivity contribution >= 4 is 38.8 Å². The number of carbonyl (C=O) groups excluding carboxylic acids is 1. The predicted octanol–water partition coefficient (Wildman–Crippen LogP) is 2.58. The van der Waals surface area contributed by atoms with Crippen LogP contribution in [0.1, 0.15) is 32.1 Å². The van der Waals surface area contributed by atoms with Crippen LogP contribution in [0.15, 0.2) is 22.7 Å². The van der Waals surface area contributed by atoms with Crippen LogP contribution in [-0.2, 0) is 14.6 Å². The zero-order valence-corrected chi connectivity index (χ0v) is 17.3. The highest BCUT2D eigenvalue weighted by molar-refractivity contribution is 7.99. The minimum absolute atomic E-state index is 0.00327. The van der Waals surface area contributed by atoms with Crippen molar-refractivity contribution in [3.05, 3.63) is 17.5 Å². The molecule has 1 saturated heterocycles. The maximum atomic E-state index is 13.0. The molecule has 146 valence electrons. The van der Waals surface area contributed by atoms with Crippen molar-refractivity contribution in [3.63, 3.8) is 0 Å². The number of hydrogen-bond donors (Lipinski definition) is 1. The Morgan fingerprint density at radius 2 is 2.11 bits per heavy atom. The van der Waals surface area contributed by atoms with Crippen molar-refractivity contribution < 1.29 is 13.2 Å². The number of amides is 1. The first kappa shape index (κ1) is 18.9. The van der Waals surface area contributed by atoms with Gasteiger partial charge in [-0.05, 0) is 30.7 Å². The maximum absolute atomic E-state index is 13.0. The highest BCUT2D eigenvalue weighted by Gasteiger charge is 2.38. The fourth-order valence-electron chi connectivity index (χ4n) is 3.92. The Hall–Kier alpha value is -1.39. The number of hydrogen-bond acceptors (Lipinski definition) is 7. The SMILES string of the molecule is O=C(CSc1n[nH]c(-c2cccs2)n1)N(C1CCCC1)[C@H]1CCS(=O)(=O)C1. The molecule has 27 heavy (non-hydrogen) atoms. The van der Waals surface area contributed by atoms with Gasteiger partial charge < -0.3 is 4.90 Å². The molecule has 4 rings (SSSR count). The Labute approximate surface area is 166 Å².